The first kappa shape index (κ1) is 10.6. The van der Waals surface area contributed by atoms with Crippen LogP contribution >= 0.6 is 0 Å². The van der Waals surface area contributed by atoms with E-state index in [1.165, 1.54) is 37.9 Å². The Hall–Kier alpha value is -2.34. The molecule has 0 heterocycles. The van der Waals surface area contributed by atoms with Crippen molar-refractivity contribution in [1.29, 1.82) is 0 Å². The summed E-state index contributed by atoms with van der Waals surface area (Å²) in [4.78, 5) is 0. The van der Waals surface area contributed by atoms with Crippen LogP contribution in [0.3, 0.4) is 0 Å². The molecule has 0 amide bonds. The monoisotopic (exact) mass is 241 g/mol. The van der Waals surface area contributed by atoms with E-state index in [4.69, 9.17) is 0 Å². The van der Waals surface area contributed by atoms with Gasteiger partial charge in [-0.1, -0.05) is 30.3 Å². The van der Waals surface area contributed by atoms with Crippen LogP contribution in [0.5, 0.6) is 0 Å². The summed E-state index contributed by atoms with van der Waals surface area (Å²) in [7, 11) is 0. The molecule has 0 atom stereocenters. The molecule has 4 rings (SSSR count). The van der Waals surface area contributed by atoms with Gasteiger partial charge in [-0.3, -0.25) is 0 Å². The highest BCUT2D eigenvalue weighted by Crippen LogP contribution is 2.27. The fraction of sp³-hybridized carbons (Fsp3) is 0.0526. The molecule has 0 aliphatic heterocycles. The quantitative estimate of drug-likeness (QED) is 0.369. The van der Waals surface area contributed by atoms with E-state index in [1.54, 1.807) is 0 Å². The molecule has 0 aliphatic rings. The maximum atomic E-state index is 3.28. The Kier molecular flexibility index (Phi) is 2.13. The first-order valence-electron chi connectivity index (χ1n) is 6.54. The first-order chi connectivity index (χ1) is 9.29. The predicted octanol–water partition coefficient (Wildman–Crippen LogP) is 5.25. The van der Waals surface area contributed by atoms with E-state index in [-0.39, 0.29) is 0 Å². The minimum Gasteiger partial charge on any atom is -0.0616 e. The maximum Gasteiger partial charge on any atom is -0.0145 e. The Morgan fingerprint density at radius 1 is 0.632 bits per heavy atom. The lowest BCUT2D eigenvalue weighted by Crippen LogP contribution is -1.80. The van der Waals surface area contributed by atoms with E-state index in [0.717, 1.165) is 0 Å². The number of benzene rings is 4. The van der Waals surface area contributed by atoms with Crippen LogP contribution in [0.1, 0.15) is 5.56 Å². The summed E-state index contributed by atoms with van der Waals surface area (Å²) < 4.78 is 0. The van der Waals surface area contributed by atoms with Gasteiger partial charge in [-0.25, -0.2) is 0 Å². The van der Waals surface area contributed by atoms with Gasteiger partial charge in [-0.05, 0) is 81.2 Å². The van der Waals surface area contributed by atoms with Crippen molar-refractivity contribution < 1.29 is 0 Å². The Balaban J connectivity index is 2.16. The average Bonchev–Trinajstić information content (AvgIpc) is 2.43. The molecule has 4 aromatic carbocycles. The summed E-state index contributed by atoms with van der Waals surface area (Å²) in [5.74, 6) is 0. The largest absolute Gasteiger partial charge is 0.0616 e. The lowest BCUT2D eigenvalue weighted by molar-refractivity contribution is 1.50. The van der Waals surface area contributed by atoms with Crippen molar-refractivity contribution in [1.82, 2.24) is 0 Å². The number of rotatable bonds is 0. The SMILES string of the molecule is Cc1[c]cc2cc3cc4ccccc4cc3cc2c1. The second kappa shape index (κ2) is 3.83. The van der Waals surface area contributed by atoms with Crippen LogP contribution in [0.4, 0.5) is 0 Å². The van der Waals surface area contributed by atoms with Crippen molar-refractivity contribution in [3.63, 3.8) is 0 Å². The van der Waals surface area contributed by atoms with E-state index in [1.807, 2.05) is 0 Å². The van der Waals surface area contributed by atoms with Crippen LogP contribution in [0.2, 0.25) is 0 Å². The lowest BCUT2D eigenvalue weighted by atomic mass is 9.99. The smallest absolute Gasteiger partial charge is 0.0145 e. The third-order valence-electron chi connectivity index (χ3n) is 3.73. The summed E-state index contributed by atoms with van der Waals surface area (Å²) in [6.07, 6.45) is 0. The van der Waals surface area contributed by atoms with Gasteiger partial charge in [-0.2, -0.15) is 0 Å². The molecule has 0 fully saturated rings. The molecule has 0 unspecified atom stereocenters. The third-order valence-corrected chi connectivity index (χ3v) is 3.73. The Morgan fingerprint density at radius 3 is 1.84 bits per heavy atom. The zero-order chi connectivity index (χ0) is 12.8. The van der Waals surface area contributed by atoms with Gasteiger partial charge in [0, 0.05) is 0 Å². The molecule has 4 aromatic rings. The van der Waals surface area contributed by atoms with Gasteiger partial charge in [0.2, 0.25) is 0 Å². The van der Waals surface area contributed by atoms with Gasteiger partial charge in [0.15, 0.2) is 0 Å². The highest BCUT2D eigenvalue weighted by molar-refractivity contribution is 6.04. The molecular formula is C19H13. The van der Waals surface area contributed by atoms with E-state index in [9.17, 15) is 0 Å². The van der Waals surface area contributed by atoms with Crippen LogP contribution in [0.25, 0.3) is 32.3 Å². The van der Waals surface area contributed by atoms with Crippen LogP contribution in [-0.2, 0) is 0 Å². The number of hydrogen-bond donors (Lipinski definition) is 0. The highest BCUT2D eigenvalue weighted by Gasteiger charge is 2.01. The molecule has 0 aromatic heterocycles. The van der Waals surface area contributed by atoms with Gasteiger partial charge >= 0.3 is 0 Å². The van der Waals surface area contributed by atoms with Crippen LogP contribution in [0.15, 0.2) is 60.7 Å². The minimum absolute atomic E-state index is 1.19. The summed E-state index contributed by atoms with van der Waals surface area (Å²) >= 11 is 0. The van der Waals surface area contributed by atoms with Crippen molar-refractivity contribution >= 4 is 32.3 Å². The number of fused-ring (bicyclic) bond motifs is 3. The molecule has 0 heteroatoms. The van der Waals surface area contributed by atoms with Gasteiger partial charge in [-0.15, -0.1) is 0 Å². The molecule has 0 saturated carbocycles. The van der Waals surface area contributed by atoms with Crippen molar-refractivity contribution in [3.05, 3.63) is 72.3 Å². The molecule has 0 spiro atoms. The summed E-state index contributed by atoms with van der Waals surface area (Å²) in [6.45, 7) is 2.09. The normalized spacial score (nSPS) is 11.4. The zero-order valence-corrected chi connectivity index (χ0v) is 10.8. The van der Waals surface area contributed by atoms with E-state index in [2.05, 4.69) is 73.7 Å². The van der Waals surface area contributed by atoms with Crippen molar-refractivity contribution in [2.24, 2.45) is 0 Å². The Morgan fingerprint density at radius 2 is 1.16 bits per heavy atom. The van der Waals surface area contributed by atoms with Crippen molar-refractivity contribution in [3.8, 4) is 0 Å². The summed E-state index contributed by atoms with van der Waals surface area (Å²) in [6, 6.07) is 25.1. The first-order valence-corrected chi connectivity index (χ1v) is 6.54. The second-order valence-electron chi connectivity index (χ2n) is 5.14. The standard InChI is InChI=1S/C19H13/c1-13-6-7-16-11-18-9-14-4-2-3-5-15(14)10-19(18)12-17(16)8-13/h2-5,7-12H,1H3. The average molecular weight is 241 g/mol. The fourth-order valence-electron chi connectivity index (χ4n) is 2.74. The van der Waals surface area contributed by atoms with Gasteiger partial charge in [0.05, 0.1) is 0 Å². The molecule has 0 bridgehead atoms. The minimum atomic E-state index is 1.19. The van der Waals surface area contributed by atoms with Gasteiger partial charge < -0.3 is 0 Å². The molecule has 0 saturated heterocycles. The summed E-state index contributed by atoms with van der Waals surface area (Å²) in [5, 5.41) is 7.74. The van der Waals surface area contributed by atoms with Crippen LogP contribution < -0.4 is 0 Å². The molecular weight excluding hydrogens is 228 g/mol. The predicted molar refractivity (Wildman–Crippen MR) is 82.5 cm³/mol. The van der Waals surface area contributed by atoms with E-state index >= 15 is 0 Å². The fourth-order valence-corrected chi connectivity index (χ4v) is 2.74. The molecule has 1 radical (unpaired) electrons. The second-order valence-corrected chi connectivity index (χ2v) is 5.14. The molecule has 0 aliphatic carbocycles. The molecule has 0 nitrogen and oxygen atoms in total. The molecule has 19 heavy (non-hydrogen) atoms. The highest BCUT2D eigenvalue weighted by atomic mass is 14.0. The Labute approximate surface area is 112 Å². The van der Waals surface area contributed by atoms with Gasteiger partial charge in [0.1, 0.15) is 0 Å². The third kappa shape index (κ3) is 1.68. The van der Waals surface area contributed by atoms with E-state index < -0.39 is 0 Å². The van der Waals surface area contributed by atoms with E-state index in [0.29, 0.717) is 0 Å². The number of aryl methyl sites for hydroxylation is 1. The Bertz CT molecular complexity index is 917. The molecule has 0 N–H and O–H groups in total. The lowest BCUT2D eigenvalue weighted by Gasteiger charge is -2.05. The maximum absolute atomic E-state index is 3.28. The number of hydrogen-bond acceptors (Lipinski definition) is 0. The molecule has 89 valence electrons. The van der Waals surface area contributed by atoms with Gasteiger partial charge in [0.25, 0.3) is 0 Å². The van der Waals surface area contributed by atoms with Crippen LogP contribution in [0, 0.1) is 13.0 Å². The zero-order valence-electron chi connectivity index (χ0n) is 10.8. The topological polar surface area (TPSA) is 0 Å². The van der Waals surface area contributed by atoms with Crippen molar-refractivity contribution in [2.45, 2.75) is 6.92 Å². The van der Waals surface area contributed by atoms with Crippen LogP contribution in [-0.4, -0.2) is 0 Å². The van der Waals surface area contributed by atoms with Crippen molar-refractivity contribution in [2.75, 3.05) is 0 Å². The summed E-state index contributed by atoms with van der Waals surface area (Å²) in [5.41, 5.74) is 1.19.